The topological polar surface area (TPSA) is 86.7 Å². The first-order valence-electron chi connectivity index (χ1n) is 6.77. The van der Waals surface area contributed by atoms with Crippen LogP contribution in [0.25, 0.3) is 5.65 Å². The summed E-state index contributed by atoms with van der Waals surface area (Å²) in [6, 6.07) is 6.80. The lowest BCUT2D eigenvalue weighted by Crippen LogP contribution is -2.12. The summed E-state index contributed by atoms with van der Waals surface area (Å²) in [5.74, 6) is -1.18. The molecule has 128 valence electrons. The van der Waals surface area contributed by atoms with Gasteiger partial charge in [-0.1, -0.05) is 6.07 Å². The van der Waals surface area contributed by atoms with E-state index in [1.54, 1.807) is 22.1 Å². The Balaban J connectivity index is 1.64. The molecule has 4 heterocycles. The zero-order valence-electron chi connectivity index (χ0n) is 12.1. The van der Waals surface area contributed by atoms with Gasteiger partial charge in [0.1, 0.15) is 5.03 Å². The highest BCUT2D eigenvalue weighted by Gasteiger charge is 2.37. The second-order valence-electron chi connectivity index (χ2n) is 4.76. The Morgan fingerprint density at radius 2 is 2.00 bits per heavy atom. The van der Waals surface area contributed by atoms with E-state index < -0.39 is 12.0 Å². The quantitative estimate of drug-likeness (QED) is 0.534. The largest absolute Gasteiger partial charge is 0.453 e. The Hall–Kier alpha value is -2.54. The van der Waals surface area contributed by atoms with Gasteiger partial charge in [-0.3, -0.25) is 0 Å². The maximum atomic E-state index is 12.9. The van der Waals surface area contributed by atoms with Crippen molar-refractivity contribution in [3.05, 3.63) is 40.3 Å². The van der Waals surface area contributed by atoms with Crippen molar-refractivity contribution in [1.82, 2.24) is 40.0 Å². The molecule has 0 radical (unpaired) electrons. The number of alkyl halides is 3. The Bertz CT molecular complexity index is 1010. The van der Waals surface area contributed by atoms with E-state index in [0.717, 1.165) is 16.6 Å². The molecule has 4 rings (SSSR count). The molecule has 0 aromatic carbocycles. The van der Waals surface area contributed by atoms with E-state index in [1.807, 2.05) is 17.5 Å². The number of fused-ring (bicyclic) bond motifs is 1. The van der Waals surface area contributed by atoms with Crippen LogP contribution in [0.15, 0.2) is 39.8 Å². The number of aromatic nitrogens is 8. The highest BCUT2D eigenvalue weighted by atomic mass is 32.2. The summed E-state index contributed by atoms with van der Waals surface area (Å²) in [6.45, 7) is 0.468. The van der Waals surface area contributed by atoms with E-state index in [4.69, 9.17) is 0 Å². The maximum absolute atomic E-state index is 12.9. The highest BCUT2D eigenvalue weighted by molar-refractivity contribution is 7.99. The molecule has 0 N–H and O–H groups in total. The van der Waals surface area contributed by atoms with Crippen LogP contribution in [0.5, 0.6) is 0 Å². The molecule has 0 spiro atoms. The maximum Gasteiger partial charge on any atom is 0.453 e. The van der Waals surface area contributed by atoms with E-state index in [2.05, 4.69) is 30.8 Å². The number of hydrogen-bond donors (Lipinski definition) is 0. The molecule has 4 aromatic rings. The number of hydrogen-bond acceptors (Lipinski definition) is 8. The summed E-state index contributed by atoms with van der Waals surface area (Å²) in [5, 5.41) is 24.6. The van der Waals surface area contributed by atoms with Crippen LogP contribution >= 0.6 is 23.1 Å². The zero-order valence-corrected chi connectivity index (χ0v) is 13.8. The van der Waals surface area contributed by atoms with Gasteiger partial charge in [-0.25, -0.2) is 4.68 Å². The van der Waals surface area contributed by atoms with Crippen molar-refractivity contribution in [2.24, 2.45) is 0 Å². The highest BCUT2D eigenvalue weighted by Crippen LogP contribution is 2.29. The lowest BCUT2D eigenvalue weighted by atomic mass is 10.5. The van der Waals surface area contributed by atoms with Crippen molar-refractivity contribution in [3.63, 3.8) is 0 Å². The molecular formula is C12H7F3N8S2. The van der Waals surface area contributed by atoms with E-state index in [-0.39, 0.29) is 5.65 Å². The Labute approximate surface area is 145 Å². The molecule has 13 heteroatoms. The summed E-state index contributed by atoms with van der Waals surface area (Å²) in [4.78, 5) is 1.05. The fourth-order valence-corrected chi connectivity index (χ4v) is 3.43. The van der Waals surface area contributed by atoms with Crippen LogP contribution in [-0.2, 0) is 12.7 Å². The molecule has 0 aliphatic heterocycles. The standard InChI is InChI=1S/C12H7F3N8S2/c13-12(14,15)10-17-16-8-3-4-9(19-23(8)10)25-11-18-20-21-22(11)6-7-2-1-5-24-7/h1-5H,6H2. The van der Waals surface area contributed by atoms with Crippen molar-refractivity contribution < 1.29 is 13.2 Å². The predicted octanol–water partition coefficient (Wildman–Crippen LogP) is 2.39. The Morgan fingerprint density at radius 1 is 1.12 bits per heavy atom. The molecule has 8 nitrogen and oxygen atoms in total. The molecule has 0 atom stereocenters. The van der Waals surface area contributed by atoms with Crippen molar-refractivity contribution in [2.75, 3.05) is 0 Å². The van der Waals surface area contributed by atoms with Gasteiger partial charge in [-0.15, -0.1) is 26.6 Å². The van der Waals surface area contributed by atoms with E-state index in [9.17, 15) is 13.2 Å². The van der Waals surface area contributed by atoms with Crippen LogP contribution in [0.3, 0.4) is 0 Å². The first-order valence-corrected chi connectivity index (χ1v) is 8.46. The average molecular weight is 384 g/mol. The lowest BCUT2D eigenvalue weighted by molar-refractivity contribution is -0.146. The second kappa shape index (κ2) is 6.07. The molecule has 25 heavy (non-hydrogen) atoms. The Kier molecular flexibility index (Phi) is 3.88. The molecule has 0 saturated heterocycles. The van der Waals surface area contributed by atoms with Crippen LogP contribution in [0, 0.1) is 0 Å². The van der Waals surface area contributed by atoms with Crippen LogP contribution in [0.1, 0.15) is 10.7 Å². The Morgan fingerprint density at radius 3 is 2.76 bits per heavy atom. The van der Waals surface area contributed by atoms with Crippen LogP contribution in [-0.4, -0.2) is 40.0 Å². The third kappa shape index (κ3) is 3.19. The summed E-state index contributed by atoms with van der Waals surface area (Å²) < 4.78 is 41.0. The summed E-state index contributed by atoms with van der Waals surface area (Å²) in [7, 11) is 0. The van der Waals surface area contributed by atoms with Gasteiger partial charge in [0.2, 0.25) is 5.16 Å². The van der Waals surface area contributed by atoms with Crippen molar-refractivity contribution >= 4 is 28.7 Å². The minimum Gasteiger partial charge on any atom is -0.215 e. The van der Waals surface area contributed by atoms with Crippen LogP contribution in [0.2, 0.25) is 0 Å². The SMILES string of the molecule is FC(F)(F)c1nnc2ccc(Sc3nnnn3Cc3cccs3)nn12. The summed E-state index contributed by atoms with van der Waals surface area (Å²) in [5.41, 5.74) is 0.00912. The second-order valence-corrected chi connectivity index (χ2v) is 6.78. The molecule has 0 aliphatic rings. The molecule has 4 aromatic heterocycles. The van der Waals surface area contributed by atoms with E-state index in [1.165, 1.54) is 6.07 Å². The van der Waals surface area contributed by atoms with Crippen LogP contribution in [0.4, 0.5) is 13.2 Å². The molecule has 0 amide bonds. The molecule has 0 fully saturated rings. The van der Waals surface area contributed by atoms with Crippen molar-refractivity contribution in [3.8, 4) is 0 Å². The van der Waals surface area contributed by atoms with Gasteiger partial charge in [-0.05, 0) is 45.8 Å². The van der Waals surface area contributed by atoms with Gasteiger partial charge in [0.15, 0.2) is 5.65 Å². The number of nitrogens with zero attached hydrogens (tertiary/aromatic N) is 8. The lowest BCUT2D eigenvalue weighted by Gasteiger charge is -2.05. The monoisotopic (exact) mass is 384 g/mol. The van der Waals surface area contributed by atoms with E-state index in [0.29, 0.717) is 21.2 Å². The first-order chi connectivity index (χ1) is 12.0. The fourth-order valence-electron chi connectivity index (χ4n) is 2.02. The van der Waals surface area contributed by atoms with Crippen molar-refractivity contribution in [2.45, 2.75) is 22.9 Å². The minimum atomic E-state index is -4.64. The average Bonchev–Trinajstić information content (AvgIpc) is 3.28. The normalized spacial score (nSPS) is 12.1. The van der Waals surface area contributed by atoms with Crippen LogP contribution < -0.4 is 0 Å². The fraction of sp³-hybridized carbons (Fsp3) is 0.167. The predicted molar refractivity (Wildman–Crippen MR) is 81.1 cm³/mol. The first kappa shape index (κ1) is 16.0. The molecule has 0 unspecified atom stereocenters. The van der Waals surface area contributed by atoms with E-state index >= 15 is 0 Å². The van der Waals surface area contributed by atoms with Gasteiger partial charge < -0.3 is 0 Å². The minimum absolute atomic E-state index is 0.00912. The number of thiophene rings is 1. The zero-order chi connectivity index (χ0) is 17.4. The molecular weight excluding hydrogens is 377 g/mol. The molecule has 0 bridgehead atoms. The third-order valence-corrected chi connectivity index (χ3v) is 4.84. The number of tetrazole rings is 1. The third-order valence-electron chi connectivity index (χ3n) is 3.07. The number of halogens is 3. The number of rotatable bonds is 4. The molecule has 0 saturated carbocycles. The smallest absolute Gasteiger partial charge is 0.215 e. The van der Waals surface area contributed by atoms with Gasteiger partial charge in [0, 0.05) is 4.88 Å². The summed E-state index contributed by atoms with van der Waals surface area (Å²) >= 11 is 2.61. The van der Waals surface area contributed by atoms with Crippen molar-refractivity contribution in [1.29, 1.82) is 0 Å². The van der Waals surface area contributed by atoms with Gasteiger partial charge in [-0.2, -0.15) is 22.8 Å². The molecule has 0 aliphatic carbocycles. The van der Waals surface area contributed by atoms with Gasteiger partial charge >= 0.3 is 6.18 Å². The summed E-state index contributed by atoms with van der Waals surface area (Å²) in [6.07, 6.45) is -4.64. The van der Waals surface area contributed by atoms with Gasteiger partial charge in [0.05, 0.1) is 6.54 Å². The van der Waals surface area contributed by atoms with Gasteiger partial charge in [0.25, 0.3) is 5.82 Å².